The predicted molar refractivity (Wildman–Crippen MR) is 71.2 cm³/mol. The molecule has 0 spiro atoms. The van der Waals surface area contributed by atoms with E-state index in [0.29, 0.717) is 0 Å². The fourth-order valence-electron chi connectivity index (χ4n) is 3.06. The van der Waals surface area contributed by atoms with Crippen LogP contribution in [0.25, 0.3) is 0 Å². The fourth-order valence-corrected chi connectivity index (χ4v) is 3.06. The summed E-state index contributed by atoms with van der Waals surface area (Å²) in [7, 11) is 0. The van der Waals surface area contributed by atoms with Gasteiger partial charge in [0.05, 0.1) is 0 Å². The van der Waals surface area contributed by atoms with E-state index < -0.39 is 0 Å². The van der Waals surface area contributed by atoms with E-state index in [1.54, 1.807) is 0 Å². The topological polar surface area (TPSA) is 24.1 Å². The first-order valence-electron chi connectivity index (χ1n) is 6.93. The smallest absolute Gasteiger partial charge is 0.0319 e. The number of rotatable bonds is 3. The molecule has 1 saturated carbocycles. The monoisotopic (exact) mass is 230 g/mol. The van der Waals surface area contributed by atoms with Gasteiger partial charge in [0.25, 0.3) is 0 Å². The molecule has 1 aromatic rings. The standard InChI is InChI=1S/C15H22N2/c1-2-4-12(5-3-1)13-6-8-14(9-7-13)17-15-10-16-11-15/h1-5,13-17H,6-11H2. The molecule has 0 atom stereocenters. The Morgan fingerprint density at radius 1 is 0.882 bits per heavy atom. The summed E-state index contributed by atoms with van der Waals surface area (Å²) in [5.41, 5.74) is 1.54. The second-order valence-corrected chi connectivity index (χ2v) is 5.48. The van der Waals surface area contributed by atoms with Crippen LogP contribution in [-0.2, 0) is 0 Å². The van der Waals surface area contributed by atoms with Crippen LogP contribution < -0.4 is 10.6 Å². The maximum atomic E-state index is 3.76. The second-order valence-electron chi connectivity index (χ2n) is 5.48. The lowest BCUT2D eigenvalue weighted by molar-refractivity contribution is 0.271. The normalized spacial score (nSPS) is 29.9. The first-order valence-corrected chi connectivity index (χ1v) is 6.93. The Bertz CT molecular complexity index is 337. The maximum absolute atomic E-state index is 3.76. The molecule has 2 N–H and O–H groups in total. The van der Waals surface area contributed by atoms with E-state index in [-0.39, 0.29) is 0 Å². The summed E-state index contributed by atoms with van der Waals surface area (Å²) < 4.78 is 0. The zero-order chi connectivity index (χ0) is 11.5. The molecule has 2 fully saturated rings. The Labute approximate surface area is 104 Å². The highest BCUT2D eigenvalue weighted by molar-refractivity contribution is 5.20. The van der Waals surface area contributed by atoms with Crippen molar-refractivity contribution in [1.82, 2.24) is 10.6 Å². The van der Waals surface area contributed by atoms with Crippen molar-refractivity contribution in [2.24, 2.45) is 0 Å². The fraction of sp³-hybridized carbons (Fsp3) is 0.600. The van der Waals surface area contributed by atoms with Crippen molar-refractivity contribution in [2.75, 3.05) is 13.1 Å². The van der Waals surface area contributed by atoms with Gasteiger partial charge in [-0.15, -0.1) is 0 Å². The van der Waals surface area contributed by atoms with Gasteiger partial charge in [0.2, 0.25) is 0 Å². The minimum absolute atomic E-state index is 0.744. The van der Waals surface area contributed by atoms with E-state index >= 15 is 0 Å². The molecule has 92 valence electrons. The van der Waals surface area contributed by atoms with Crippen LogP contribution in [0.4, 0.5) is 0 Å². The molecule has 1 heterocycles. The molecule has 2 nitrogen and oxygen atoms in total. The number of benzene rings is 1. The lowest BCUT2D eigenvalue weighted by Gasteiger charge is -2.36. The molecule has 0 unspecified atom stereocenters. The van der Waals surface area contributed by atoms with E-state index in [1.807, 2.05) is 0 Å². The molecule has 3 rings (SSSR count). The summed E-state index contributed by atoms with van der Waals surface area (Å²) in [5, 5.41) is 7.09. The van der Waals surface area contributed by atoms with Gasteiger partial charge in [0, 0.05) is 25.2 Å². The lowest BCUT2D eigenvalue weighted by atomic mass is 9.81. The van der Waals surface area contributed by atoms with Gasteiger partial charge in [-0.1, -0.05) is 30.3 Å². The third kappa shape index (κ3) is 2.70. The number of nitrogens with one attached hydrogen (secondary N) is 2. The molecule has 0 aromatic heterocycles. The first kappa shape index (κ1) is 11.2. The zero-order valence-electron chi connectivity index (χ0n) is 10.4. The SMILES string of the molecule is c1ccc(C2CCC(NC3CNC3)CC2)cc1. The summed E-state index contributed by atoms with van der Waals surface area (Å²) in [6.45, 7) is 2.33. The van der Waals surface area contributed by atoms with Crippen LogP contribution in [-0.4, -0.2) is 25.2 Å². The van der Waals surface area contributed by atoms with E-state index in [0.717, 1.165) is 18.0 Å². The maximum Gasteiger partial charge on any atom is 0.0319 e. The summed E-state index contributed by atoms with van der Waals surface area (Å²) in [6.07, 6.45) is 5.38. The molecule has 17 heavy (non-hydrogen) atoms. The van der Waals surface area contributed by atoms with E-state index in [9.17, 15) is 0 Å². The van der Waals surface area contributed by atoms with Crippen LogP contribution in [0.5, 0.6) is 0 Å². The molecule has 0 bridgehead atoms. The van der Waals surface area contributed by atoms with Gasteiger partial charge in [-0.3, -0.25) is 0 Å². The van der Waals surface area contributed by atoms with Crippen molar-refractivity contribution >= 4 is 0 Å². The lowest BCUT2D eigenvalue weighted by Crippen LogP contribution is -2.58. The second kappa shape index (κ2) is 5.19. The van der Waals surface area contributed by atoms with Crippen LogP contribution in [0, 0.1) is 0 Å². The molecule has 1 aliphatic heterocycles. The predicted octanol–water partition coefficient (Wildman–Crippen LogP) is 2.27. The zero-order valence-corrected chi connectivity index (χ0v) is 10.4. The van der Waals surface area contributed by atoms with Crippen LogP contribution in [0.1, 0.15) is 37.2 Å². The van der Waals surface area contributed by atoms with Gasteiger partial charge in [0.15, 0.2) is 0 Å². The minimum atomic E-state index is 0.744. The quantitative estimate of drug-likeness (QED) is 0.832. The molecule has 1 aliphatic carbocycles. The van der Waals surface area contributed by atoms with Crippen molar-refractivity contribution in [3.63, 3.8) is 0 Å². The first-order chi connectivity index (χ1) is 8.42. The van der Waals surface area contributed by atoms with Crippen molar-refractivity contribution in [3.8, 4) is 0 Å². The molecular weight excluding hydrogens is 208 g/mol. The van der Waals surface area contributed by atoms with Crippen molar-refractivity contribution < 1.29 is 0 Å². The van der Waals surface area contributed by atoms with Gasteiger partial charge >= 0.3 is 0 Å². The van der Waals surface area contributed by atoms with E-state index in [2.05, 4.69) is 41.0 Å². The largest absolute Gasteiger partial charge is 0.314 e. The van der Waals surface area contributed by atoms with Crippen LogP contribution >= 0.6 is 0 Å². The van der Waals surface area contributed by atoms with Crippen molar-refractivity contribution in [2.45, 2.75) is 43.7 Å². The highest BCUT2D eigenvalue weighted by atomic mass is 15.1. The number of hydrogen-bond donors (Lipinski definition) is 2. The summed E-state index contributed by atoms with van der Waals surface area (Å²) >= 11 is 0. The third-order valence-corrected chi connectivity index (χ3v) is 4.25. The molecule has 0 amide bonds. The average Bonchev–Trinajstić information content (AvgIpc) is 2.36. The number of hydrogen-bond acceptors (Lipinski definition) is 2. The molecule has 2 aliphatic rings. The van der Waals surface area contributed by atoms with Gasteiger partial charge in [0.1, 0.15) is 0 Å². The highest BCUT2D eigenvalue weighted by Crippen LogP contribution is 2.32. The Morgan fingerprint density at radius 2 is 1.59 bits per heavy atom. The summed E-state index contributed by atoms with van der Waals surface area (Å²) in [4.78, 5) is 0. The Balaban J connectivity index is 1.50. The summed E-state index contributed by atoms with van der Waals surface area (Å²) in [6, 6.07) is 12.5. The summed E-state index contributed by atoms with van der Waals surface area (Å²) in [5.74, 6) is 0.800. The van der Waals surface area contributed by atoms with Gasteiger partial charge < -0.3 is 10.6 Å². The van der Waals surface area contributed by atoms with Gasteiger partial charge in [-0.25, -0.2) is 0 Å². The Hall–Kier alpha value is -0.860. The van der Waals surface area contributed by atoms with Crippen molar-refractivity contribution in [3.05, 3.63) is 35.9 Å². The molecule has 2 heteroatoms. The van der Waals surface area contributed by atoms with E-state index in [4.69, 9.17) is 0 Å². The molecule has 1 aromatic carbocycles. The third-order valence-electron chi connectivity index (χ3n) is 4.25. The molecular formula is C15H22N2. The Kier molecular flexibility index (Phi) is 3.44. The average molecular weight is 230 g/mol. The van der Waals surface area contributed by atoms with Crippen LogP contribution in [0.15, 0.2) is 30.3 Å². The van der Waals surface area contributed by atoms with Gasteiger partial charge in [-0.05, 0) is 37.2 Å². The molecule has 1 saturated heterocycles. The van der Waals surface area contributed by atoms with Crippen LogP contribution in [0.2, 0.25) is 0 Å². The van der Waals surface area contributed by atoms with Gasteiger partial charge in [-0.2, -0.15) is 0 Å². The minimum Gasteiger partial charge on any atom is -0.314 e. The Morgan fingerprint density at radius 3 is 2.18 bits per heavy atom. The highest BCUT2D eigenvalue weighted by Gasteiger charge is 2.25. The molecule has 0 radical (unpaired) electrons. The van der Waals surface area contributed by atoms with E-state index in [1.165, 1.54) is 44.3 Å². The van der Waals surface area contributed by atoms with Crippen molar-refractivity contribution in [1.29, 1.82) is 0 Å². The van der Waals surface area contributed by atoms with Crippen LogP contribution in [0.3, 0.4) is 0 Å².